The zero-order valence-electron chi connectivity index (χ0n) is 7.86. The predicted octanol–water partition coefficient (Wildman–Crippen LogP) is 1.51. The second kappa shape index (κ2) is 2.94. The van der Waals surface area contributed by atoms with Crippen molar-refractivity contribution in [2.24, 2.45) is 0 Å². The number of nitrogens with zero attached hydrogens (tertiary/aromatic N) is 1. The number of amides is 2. The predicted molar refractivity (Wildman–Crippen MR) is 51.8 cm³/mol. The molecule has 71 valence electrons. The van der Waals surface area contributed by atoms with E-state index in [-0.39, 0.29) is 17.9 Å². The second-order valence-electron chi connectivity index (χ2n) is 3.37. The third kappa shape index (κ3) is 1.05. The fourth-order valence-corrected chi connectivity index (χ4v) is 1.61. The van der Waals surface area contributed by atoms with Crippen molar-refractivity contribution in [1.29, 1.82) is 0 Å². The Bertz CT molecular complexity index is 375. The molecule has 0 fully saturated rings. The Labute approximate surface area is 82.3 Å². The van der Waals surface area contributed by atoms with Gasteiger partial charge in [0.25, 0.3) is 11.8 Å². The highest BCUT2D eigenvalue weighted by Crippen LogP contribution is 2.23. The van der Waals surface area contributed by atoms with Gasteiger partial charge < -0.3 is 0 Å². The maximum atomic E-state index is 11.7. The molecule has 0 aromatic heterocycles. The summed E-state index contributed by atoms with van der Waals surface area (Å²) in [5, 5.41) is 0. The van der Waals surface area contributed by atoms with Gasteiger partial charge in [0.05, 0.1) is 11.1 Å². The number of hydrogen-bond acceptors (Lipinski definition) is 2. The molecule has 1 aromatic rings. The molecule has 3 heteroatoms. The van der Waals surface area contributed by atoms with Crippen LogP contribution in [0, 0.1) is 6.92 Å². The van der Waals surface area contributed by atoms with E-state index in [9.17, 15) is 9.59 Å². The van der Waals surface area contributed by atoms with Gasteiger partial charge in [0.1, 0.15) is 0 Å². The lowest BCUT2D eigenvalue weighted by Crippen LogP contribution is -2.36. The smallest absolute Gasteiger partial charge is 0.261 e. The third-order valence-corrected chi connectivity index (χ3v) is 2.27. The van der Waals surface area contributed by atoms with Gasteiger partial charge >= 0.3 is 0 Å². The van der Waals surface area contributed by atoms with Crippen LogP contribution in [-0.2, 0) is 0 Å². The van der Waals surface area contributed by atoms with E-state index in [2.05, 4.69) is 6.92 Å². The Morgan fingerprint density at radius 1 is 1.14 bits per heavy atom. The molecule has 0 bridgehead atoms. The molecule has 0 saturated heterocycles. The highest BCUT2D eigenvalue weighted by atomic mass is 16.2. The Hall–Kier alpha value is -1.64. The summed E-state index contributed by atoms with van der Waals surface area (Å²) in [6.45, 7) is 5.41. The van der Waals surface area contributed by atoms with Crippen LogP contribution < -0.4 is 0 Å². The molecule has 0 saturated carbocycles. The summed E-state index contributed by atoms with van der Waals surface area (Å²) >= 11 is 0. The number of carbonyl (C=O) groups is 2. The SMILES string of the molecule is [CH2]C(C)N1C(=O)c2ccccc2C1=O. The van der Waals surface area contributed by atoms with Gasteiger partial charge in [-0.1, -0.05) is 12.1 Å². The lowest BCUT2D eigenvalue weighted by atomic mass is 10.1. The number of fused-ring (bicyclic) bond motifs is 1. The summed E-state index contributed by atoms with van der Waals surface area (Å²) in [7, 11) is 0. The molecule has 1 aliphatic heterocycles. The summed E-state index contributed by atoms with van der Waals surface area (Å²) < 4.78 is 0. The molecule has 0 aliphatic carbocycles. The van der Waals surface area contributed by atoms with Gasteiger partial charge in [0, 0.05) is 6.04 Å². The van der Waals surface area contributed by atoms with Crippen LogP contribution in [0.4, 0.5) is 0 Å². The van der Waals surface area contributed by atoms with Crippen molar-refractivity contribution in [3.63, 3.8) is 0 Å². The largest absolute Gasteiger partial charge is 0.272 e. The average Bonchev–Trinajstić information content (AvgIpc) is 2.41. The highest BCUT2D eigenvalue weighted by Gasteiger charge is 2.36. The summed E-state index contributed by atoms with van der Waals surface area (Å²) in [6, 6.07) is 6.50. The summed E-state index contributed by atoms with van der Waals surface area (Å²) in [5.41, 5.74) is 0.959. The van der Waals surface area contributed by atoms with Crippen molar-refractivity contribution in [2.45, 2.75) is 13.0 Å². The fraction of sp³-hybridized carbons (Fsp3) is 0.182. The Balaban J connectivity index is 2.54. The molecule has 0 spiro atoms. The van der Waals surface area contributed by atoms with Crippen LogP contribution in [0.15, 0.2) is 24.3 Å². The Kier molecular flexibility index (Phi) is 1.88. The third-order valence-electron chi connectivity index (χ3n) is 2.27. The van der Waals surface area contributed by atoms with Crippen molar-refractivity contribution in [3.05, 3.63) is 42.3 Å². The molecule has 3 nitrogen and oxygen atoms in total. The maximum absolute atomic E-state index is 11.7. The first-order chi connectivity index (χ1) is 6.63. The lowest BCUT2D eigenvalue weighted by Gasteiger charge is -2.17. The van der Waals surface area contributed by atoms with Crippen LogP contribution in [0.2, 0.25) is 0 Å². The van der Waals surface area contributed by atoms with Crippen LogP contribution in [0.25, 0.3) is 0 Å². The first-order valence-corrected chi connectivity index (χ1v) is 4.43. The first kappa shape index (κ1) is 8.94. The van der Waals surface area contributed by atoms with Crippen LogP contribution in [-0.4, -0.2) is 22.8 Å². The molecule has 2 amide bonds. The number of benzene rings is 1. The Morgan fingerprint density at radius 3 is 1.93 bits per heavy atom. The van der Waals surface area contributed by atoms with E-state index < -0.39 is 0 Å². The van der Waals surface area contributed by atoms with E-state index in [1.54, 1.807) is 31.2 Å². The zero-order chi connectivity index (χ0) is 10.3. The van der Waals surface area contributed by atoms with Gasteiger partial charge in [-0.25, -0.2) is 0 Å². The van der Waals surface area contributed by atoms with Gasteiger partial charge in [-0.15, -0.1) is 0 Å². The van der Waals surface area contributed by atoms with E-state index in [4.69, 9.17) is 0 Å². The molecule has 1 unspecified atom stereocenters. The molecule has 1 aliphatic rings. The minimum absolute atomic E-state index is 0.242. The van der Waals surface area contributed by atoms with Gasteiger partial charge in [0.15, 0.2) is 0 Å². The molecule has 1 heterocycles. The quantitative estimate of drug-likeness (QED) is 0.626. The van der Waals surface area contributed by atoms with Crippen molar-refractivity contribution in [1.82, 2.24) is 4.90 Å². The standard InChI is InChI=1S/C11H10NO2/c1-7(2)12-10(13)8-5-3-4-6-9(8)11(12)14/h3-7H,1H2,2H3. The normalized spacial score (nSPS) is 15.2. The van der Waals surface area contributed by atoms with Crippen LogP contribution in [0.5, 0.6) is 0 Å². The minimum Gasteiger partial charge on any atom is -0.272 e. The van der Waals surface area contributed by atoms with Gasteiger partial charge in [-0.3, -0.25) is 14.5 Å². The molecule has 14 heavy (non-hydrogen) atoms. The maximum Gasteiger partial charge on any atom is 0.261 e. The van der Waals surface area contributed by atoms with Crippen LogP contribution in [0.3, 0.4) is 0 Å². The summed E-state index contributed by atoms with van der Waals surface area (Å²) in [5.74, 6) is -0.485. The van der Waals surface area contributed by atoms with Crippen molar-refractivity contribution in [3.8, 4) is 0 Å². The van der Waals surface area contributed by atoms with E-state index in [1.807, 2.05) is 0 Å². The number of hydrogen-bond donors (Lipinski definition) is 0. The lowest BCUT2D eigenvalue weighted by molar-refractivity contribution is 0.0624. The highest BCUT2D eigenvalue weighted by molar-refractivity contribution is 6.21. The molecular weight excluding hydrogens is 178 g/mol. The summed E-state index contributed by atoms with van der Waals surface area (Å²) in [4.78, 5) is 24.6. The fourth-order valence-electron chi connectivity index (χ4n) is 1.61. The molecule has 2 rings (SSSR count). The monoisotopic (exact) mass is 188 g/mol. The van der Waals surface area contributed by atoms with Crippen molar-refractivity contribution >= 4 is 11.8 Å². The molecule has 0 N–H and O–H groups in total. The van der Waals surface area contributed by atoms with Crippen LogP contribution in [0.1, 0.15) is 27.6 Å². The van der Waals surface area contributed by atoms with E-state index >= 15 is 0 Å². The molecule has 1 radical (unpaired) electrons. The molecule has 1 atom stereocenters. The number of rotatable bonds is 1. The average molecular weight is 188 g/mol. The molecular formula is C11H10NO2. The zero-order valence-corrected chi connectivity index (χ0v) is 7.86. The summed E-state index contributed by atoms with van der Waals surface area (Å²) in [6.07, 6.45) is 0. The van der Waals surface area contributed by atoms with Gasteiger partial charge in [-0.05, 0) is 26.0 Å². The van der Waals surface area contributed by atoms with Gasteiger partial charge in [0.2, 0.25) is 0 Å². The van der Waals surface area contributed by atoms with Crippen LogP contribution >= 0.6 is 0 Å². The number of carbonyl (C=O) groups excluding carboxylic acids is 2. The topological polar surface area (TPSA) is 37.4 Å². The van der Waals surface area contributed by atoms with Crippen molar-refractivity contribution in [2.75, 3.05) is 0 Å². The van der Waals surface area contributed by atoms with E-state index in [0.717, 1.165) is 0 Å². The first-order valence-electron chi connectivity index (χ1n) is 4.43. The van der Waals surface area contributed by atoms with E-state index in [0.29, 0.717) is 11.1 Å². The van der Waals surface area contributed by atoms with Crippen molar-refractivity contribution < 1.29 is 9.59 Å². The Morgan fingerprint density at radius 2 is 1.57 bits per heavy atom. The second-order valence-corrected chi connectivity index (χ2v) is 3.37. The van der Waals surface area contributed by atoms with Gasteiger partial charge in [-0.2, -0.15) is 0 Å². The molecule has 1 aromatic carbocycles. The number of imide groups is 1. The van der Waals surface area contributed by atoms with E-state index in [1.165, 1.54) is 4.90 Å². The minimum atomic E-state index is -0.331.